The minimum Gasteiger partial charge on any atom is -0.478 e. The van der Waals surface area contributed by atoms with Crippen molar-refractivity contribution in [3.05, 3.63) is 23.4 Å². The molecule has 4 nitrogen and oxygen atoms in total. The summed E-state index contributed by atoms with van der Waals surface area (Å²) in [6.45, 7) is 3.16. The molecule has 1 aromatic rings. The summed E-state index contributed by atoms with van der Waals surface area (Å²) in [5.41, 5.74) is 0.523. The second kappa shape index (κ2) is 5.90. The number of carboxylic acid groups (broad SMARTS) is 1. The van der Waals surface area contributed by atoms with Gasteiger partial charge in [0.1, 0.15) is 5.82 Å². The van der Waals surface area contributed by atoms with Crippen LogP contribution in [0.4, 0.5) is 19.0 Å². The molecule has 1 atom stereocenters. The number of nitrogens with zero attached hydrogens (tertiary/aromatic N) is 1. The van der Waals surface area contributed by atoms with Crippen molar-refractivity contribution in [2.45, 2.75) is 38.9 Å². The Hall–Kier alpha value is -1.79. The lowest BCUT2D eigenvalue weighted by Crippen LogP contribution is -2.24. The second-order valence-electron chi connectivity index (χ2n) is 4.26. The Balaban J connectivity index is 2.88. The predicted molar refractivity (Wildman–Crippen MR) is 64.3 cm³/mol. The van der Waals surface area contributed by atoms with E-state index in [0.29, 0.717) is 12.1 Å². The molecule has 1 unspecified atom stereocenters. The molecule has 0 bridgehead atoms. The Bertz CT molecular complexity index is 461. The standard InChI is InChI=1S/C12H15F3N2O2/c1-3-9-4-8(11(18)19)5-10(17-9)16-7(2)6-12(13,14)15/h4-5,7H,3,6H2,1-2H3,(H,16,17)(H,18,19). The Morgan fingerprint density at radius 2 is 2.11 bits per heavy atom. The van der Waals surface area contributed by atoms with Gasteiger partial charge < -0.3 is 10.4 Å². The van der Waals surface area contributed by atoms with E-state index >= 15 is 0 Å². The van der Waals surface area contributed by atoms with Crippen LogP contribution in [-0.4, -0.2) is 28.3 Å². The van der Waals surface area contributed by atoms with Crippen molar-refractivity contribution < 1.29 is 23.1 Å². The summed E-state index contributed by atoms with van der Waals surface area (Å²) < 4.78 is 36.6. The van der Waals surface area contributed by atoms with E-state index in [-0.39, 0.29) is 11.4 Å². The number of aromatic nitrogens is 1. The van der Waals surface area contributed by atoms with E-state index in [2.05, 4.69) is 10.3 Å². The van der Waals surface area contributed by atoms with Crippen LogP contribution in [0.25, 0.3) is 0 Å². The number of hydrogen-bond donors (Lipinski definition) is 2. The number of nitrogens with one attached hydrogen (secondary N) is 1. The molecule has 7 heteroatoms. The first kappa shape index (κ1) is 15.3. The third-order valence-electron chi connectivity index (χ3n) is 2.42. The molecule has 0 aliphatic carbocycles. The van der Waals surface area contributed by atoms with Crippen LogP contribution < -0.4 is 5.32 Å². The zero-order chi connectivity index (χ0) is 14.6. The lowest BCUT2D eigenvalue weighted by atomic mass is 10.2. The molecule has 0 amide bonds. The number of halogens is 3. The van der Waals surface area contributed by atoms with Crippen LogP contribution in [0, 0.1) is 0 Å². The normalized spacial score (nSPS) is 13.1. The number of carbonyl (C=O) groups is 1. The molecule has 0 aromatic carbocycles. The van der Waals surface area contributed by atoms with E-state index in [4.69, 9.17) is 5.11 Å². The maximum atomic E-state index is 12.2. The molecular weight excluding hydrogens is 261 g/mol. The smallest absolute Gasteiger partial charge is 0.391 e. The van der Waals surface area contributed by atoms with Gasteiger partial charge in [-0.15, -0.1) is 0 Å². The van der Waals surface area contributed by atoms with E-state index in [1.54, 1.807) is 6.92 Å². The number of rotatable bonds is 5. The van der Waals surface area contributed by atoms with Gasteiger partial charge in [-0.1, -0.05) is 6.92 Å². The van der Waals surface area contributed by atoms with Crippen LogP contribution >= 0.6 is 0 Å². The van der Waals surface area contributed by atoms with Crippen molar-refractivity contribution >= 4 is 11.8 Å². The molecule has 1 aromatic heterocycles. The highest BCUT2D eigenvalue weighted by Crippen LogP contribution is 2.23. The van der Waals surface area contributed by atoms with Gasteiger partial charge in [0, 0.05) is 11.7 Å². The number of pyridine rings is 1. The lowest BCUT2D eigenvalue weighted by molar-refractivity contribution is -0.136. The first-order valence-corrected chi connectivity index (χ1v) is 5.79. The largest absolute Gasteiger partial charge is 0.478 e. The van der Waals surface area contributed by atoms with E-state index in [1.807, 2.05) is 0 Å². The molecule has 0 saturated carbocycles. The summed E-state index contributed by atoms with van der Waals surface area (Å²) in [7, 11) is 0. The van der Waals surface area contributed by atoms with E-state index in [1.165, 1.54) is 19.1 Å². The predicted octanol–water partition coefficient (Wildman–Crippen LogP) is 3.10. The Morgan fingerprint density at radius 3 is 2.58 bits per heavy atom. The fourth-order valence-corrected chi connectivity index (χ4v) is 1.62. The highest BCUT2D eigenvalue weighted by atomic mass is 19.4. The Kier molecular flexibility index (Phi) is 4.74. The van der Waals surface area contributed by atoms with E-state index in [0.717, 1.165) is 0 Å². The van der Waals surface area contributed by atoms with Crippen molar-refractivity contribution in [2.24, 2.45) is 0 Å². The second-order valence-corrected chi connectivity index (χ2v) is 4.26. The molecular formula is C12H15F3N2O2. The SMILES string of the molecule is CCc1cc(C(=O)O)cc(NC(C)CC(F)(F)F)n1. The lowest BCUT2D eigenvalue weighted by Gasteiger charge is -2.17. The first-order valence-electron chi connectivity index (χ1n) is 5.79. The summed E-state index contributed by atoms with van der Waals surface area (Å²) in [5.74, 6) is -0.989. The van der Waals surface area contributed by atoms with Gasteiger partial charge in [-0.05, 0) is 25.5 Å². The van der Waals surface area contributed by atoms with Crippen LogP contribution in [0.1, 0.15) is 36.3 Å². The molecule has 0 saturated heterocycles. The van der Waals surface area contributed by atoms with Gasteiger partial charge in [0.15, 0.2) is 0 Å². The zero-order valence-electron chi connectivity index (χ0n) is 10.6. The highest BCUT2D eigenvalue weighted by molar-refractivity contribution is 5.88. The van der Waals surface area contributed by atoms with Gasteiger partial charge in [0.2, 0.25) is 0 Å². The summed E-state index contributed by atoms with van der Waals surface area (Å²) in [6, 6.07) is 1.76. The number of carboxylic acids is 1. The summed E-state index contributed by atoms with van der Waals surface area (Å²) in [6.07, 6.45) is -4.78. The van der Waals surface area contributed by atoms with Gasteiger partial charge in [-0.25, -0.2) is 9.78 Å². The molecule has 0 aliphatic rings. The monoisotopic (exact) mass is 276 g/mol. The molecule has 0 spiro atoms. The van der Waals surface area contributed by atoms with Crippen molar-refractivity contribution in [2.75, 3.05) is 5.32 Å². The van der Waals surface area contributed by atoms with Crippen molar-refractivity contribution in [1.29, 1.82) is 0 Å². The number of anilines is 1. The van der Waals surface area contributed by atoms with Crippen LogP contribution in [0.5, 0.6) is 0 Å². The van der Waals surface area contributed by atoms with Gasteiger partial charge in [-0.2, -0.15) is 13.2 Å². The van der Waals surface area contributed by atoms with E-state index in [9.17, 15) is 18.0 Å². The van der Waals surface area contributed by atoms with Crippen LogP contribution in [0.15, 0.2) is 12.1 Å². The minimum absolute atomic E-state index is 0.00792. The van der Waals surface area contributed by atoms with Crippen molar-refractivity contribution in [1.82, 2.24) is 4.98 Å². The number of aromatic carboxylic acids is 1. The molecule has 2 N–H and O–H groups in total. The van der Waals surface area contributed by atoms with E-state index < -0.39 is 24.6 Å². The minimum atomic E-state index is -4.27. The first-order chi connectivity index (χ1) is 8.71. The average Bonchev–Trinajstić information content (AvgIpc) is 2.25. The fraction of sp³-hybridized carbons (Fsp3) is 0.500. The van der Waals surface area contributed by atoms with Crippen LogP contribution in [0.3, 0.4) is 0 Å². The topological polar surface area (TPSA) is 62.2 Å². The van der Waals surface area contributed by atoms with Crippen LogP contribution in [-0.2, 0) is 6.42 Å². The molecule has 0 radical (unpaired) electrons. The maximum Gasteiger partial charge on any atom is 0.391 e. The van der Waals surface area contributed by atoms with Gasteiger partial charge >= 0.3 is 12.1 Å². The molecule has 1 rings (SSSR count). The van der Waals surface area contributed by atoms with Crippen LogP contribution in [0.2, 0.25) is 0 Å². The average molecular weight is 276 g/mol. The molecule has 1 heterocycles. The Morgan fingerprint density at radius 1 is 1.47 bits per heavy atom. The molecule has 0 fully saturated rings. The van der Waals surface area contributed by atoms with Gasteiger partial charge in [-0.3, -0.25) is 0 Å². The third-order valence-corrected chi connectivity index (χ3v) is 2.42. The fourth-order valence-electron chi connectivity index (χ4n) is 1.62. The maximum absolute atomic E-state index is 12.2. The van der Waals surface area contributed by atoms with Gasteiger partial charge in [0.25, 0.3) is 0 Å². The molecule has 19 heavy (non-hydrogen) atoms. The zero-order valence-corrected chi connectivity index (χ0v) is 10.6. The summed E-state index contributed by atoms with van der Waals surface area (Å²) in [5, 5.41) is 11.5. The quantitative estimate of drug-likeness (QED) is 0.867. The number of hydrogen-bond acceptors (Lipinski definition) is 3. The van der Waals surface area contributed by atoms with Crippen molar-refractivity contribution in [3.8, 4) is 0 Å². The summed E-state index contributed by atoms with van der Waals surface area (Å²) in [4.78, 5) is 15.0. The third kappa shape index (κ3) is 5.15. The number of alkyl halides is 3. The van der Waals surface area contributed by atoms with Gasteiger partial charge in [0.05, 0.1) is 12.0 Å². The number of aryl methyl sites for hydroxylation is 1. The Labute approximate surface area is 108 Å². The molecule has 0 aliphatic heterocycles. The van der Waals surface area contributed by atoms with Crippen molar-refractivity contribution in [3.63, 3.8) is 0 Å². The highest BCUT2D eigenvalue weighted by Gasteiger charge is 2.30. The summed E-state index contributed by atoms with van der Waals surface area (Å²) >= 11 is 0. The molecule has 106 valence electrons.